The molecule has 4 nitrogen and oxygen atoms in total. The molecule has 0 aliphatic heterocycles. The van der Waals surface area contributed by atoms with Gasteiger partial charge in [0.15, 0.2) is 0 Å². The van der Waals surface area contributed by atoms with E-state index in [0.717, 1.165) is 43.8 Å². The Kier molecular flexibility index (Phi) is 10.9. The molecule has 0 saturated carbocycles. The third kappa shape index (κ3) is 7.63. The first-order valence-corrected chi connectivity index (χ1v) is 11.1. The summed E-state index contributed by atoms with van der Waals surface area (Å²) in [4.78, 5) is 17.7. The lowest BCUT2D eigenvalue weighted by atomic mass is 9.92. The van der Waals surface area contributed by atoms with E-state index in [1.807, 2.05) is 49.9 Å². The average molecular weight is 411 g/mol. The first-order valence-electron chi connectivity index (χ1n) is 10.6. The number of alkyl halides is 1. The molecule has 0 aliphatic carbocycles. The highest BCUT2D eigenvalue weighted by molar-refractivity contribution is 6.19. The summed E-state index contributed by atoms with van der Waals surface area (Å²) in [5, 5.41) is 0. The molecule has 1 aromatic rings. The van der Waals surface area contributed by atoms with Crippen LogP contribution in [0.3, 0.4) is 0 Å². The lowest BCUT2D eigenvalue weighted by Gasteiger charge is -2.35. The molecule has 1 amide bonds. The van der Waals surface area contributed by atoms with Crippen LogP contribution in [0.25, 0.3) is 0 Å². The number of hydrogen-bond acceptors (Lipinski definition) is 3. The summed E-state index contributed by atoms with van der Waals surface area (Å²) in [5.74, 6) is 1.29. The van der Waals surface area contributed by atoms with E-state index in [0.29, 0.717) is 19.0 Å². The average Bonchev–Trinajstić information content (AvgIpc) is 2.70. The van der Waals surface area contributed by atoms with Crippen molar-refractivity contribution in [3.8, 4) is 5.75 Å². The zero-order chi connectivity index (χ0) is 21.2. The van der Waals surface area contributed by atoms with Gasteiger partial charge in [-0.05, 0) is 77.9 Å². The van der Waals surface area contributed by atoms with Crippen LogP contribution in [0.4, 0.5) is 0 Å². The maximum atomic E-state index is 13.2. The van der Waals surface area contributed by atoms with Gasteiger partial charge in [-0.1, -0.05) is 26.0 Å². The molecule has 0 spiro atoms. The van der Waals surface area contributed by atoms with Crippen molar-refractivity contribution in [1.29, 1.82) is 0 Å². The Morgan fingerprint density at radius 2 is 1.75 bits per heavy atom. The third-order valence-corrected chi connectivity index (χ3v) is 5.95. The monoisotopic (exact) mass is 410 g/mol. The normalized spacial score (nSPS) is 12.9. The molecular formula is C23H39ClN2O2. The number of carbonyl (C=O) groups is 1. The van der Waals surface area contributed by atoms with Crippen LogP contribution in [0.1, 0.15) is 59.9 Å². The van der Waals surface area contributed by atoms with Crippen molar-refractivity contribution >= 4 is 17.5 Å². The van der Waals surface area contributed by atoms with Crippen molar-refractivity contribution in [3.05, 3.63) is 29.8 Å². The minimum atomic E-state index is -0.569. The van der Waals surface area contributed by atoms with Gasteiger partial charge in [0, 0.05) is 18.5 Å². The number of ether oxygens (including phenoxy) is 1. The maximum absolute atomic E-state index is 13.2. The van der Waals surface area contributed by atoms with Crippen LogP contribution in [-0.2, 0) is 11.3 Å². The zero-order valence-corrected chi connectivity index (χ0v) is 19.4. The molecule has 0 N–H and O–H groups in total. The number of nitrogens with zero attached hydrogens (tertiary/aromatic N) is 2. The standard InChI is InChI=1S/C23H39ClN2O2/c1-7-25(8-2)16-10-11-19(4)26(22(27)23(5,6)18-24)17-20-12-14-21(15-13-20)28-9-3/h12-15,19H,7-11,16-18H2,1-6H3. The van der Waals surface area contributed by atoms with Gasteiger partial charge < -0.3 is 14.5 Å². The topological polar surface area (TPSA) is 32.8 Å². The summed E-state index contributed by atoms with van der Waals surface area (Å²) in [6.07, 6.45) is 2.06. The van der Waals surface area contributed by atoms with Gasteiger partial charge in [-0.15, -0.1) is 11.6 Å². The van der Waals surface area contributed by atoms with E-state index in [9.17, 15) is 4.79 Å². The van der Waals surface area contributed by atoms with Gasteiger partial charge in [0.25, 0.3) is 0 Å². The fourth-order valence-electron chi connectivity index (χ4n) is 3.23. The van der Waals surface area contributed by atoms with Crippen LogP contribution in [-0.4, -0.2) is 53.9 Å². The Balaban J connectivity index is 2.87. The smallest absolute Gasteiger partial charge is 0.229 e. The fraction of sp³-hybridized carbons (Fsp3) is 0.696. The van der Waals surface area contributed by atoms with Crippen molar-refractivity contribution in [2.45, 2.75) is 67.0 Å². The lowest BCUT2D eigenvalue weighted by Crippen LogP contribution is -2.46. The molecule has 0 aliphatic rings. The summed E-state index contributed by atoms with van der Waals surface area (Å²) in [6, 6.07) is 8.19. The number of carbonyl (C=O) groups excluding carboxylic acids is 1. The highest BCUT2D eigenvalue weighted by Gasteiger charge is 2.33. The number of amides is 1. The van der Waals surface area contributed by atoms with Crippen molar-refractivity contribution < 1.29 is 9.53 Å². The Labute approximate surface area is 177 Å². The SMILES string of the molecule is CCOc1ccc(CN(C(=O)C(C)(C)CCl)C(C)CCCN(CC)CC)cc1. The second-order valence-corrected chi connectivity index (χ2v) is 8.31. The molecule has 0 fully saturated rings. The molecule has 1 rings (SSSR count). The van der Waals surface area contributed by atoms with Gasteiger partial charge in [-0.25, -0.2) is 0 Å². The molecule has 5 heteroatoms. The third-order valence-electron chi connectivity index (χ3n) is 5.28. The van der Waals surface area contributed by atoms with Crippen LogP contribution in [0.15, 0.2) is 24.3 Å². The maximum Gasteiger partial charge on any atom is 0.229 e. The Morgan fingerprint density at radius 1 is 1.14 bits per heavy atom. The van der Waals surface area contributed by atoms with Gasteiger partial charge in [0.05, 0.1) is 12.0 Å². The zero-order valence-electron chi connectivity index (χ0n) is 18.6. The van der Waals surface area contributed by atoms with Crippen molar-refractivity contribution in [3.63, 3.8) is 0 Å². The van der Waals surface area contributed by atoms with Crippen LogP contribution in [0.2, 0.25) is 0 Å². The van der Waals surface area contributed by atoms with E-state index in [2.05, 4.69) is 25.7 Å². The second kappa shape index (κ2) is 12.3. The van der Waals surface area contributed by atoms with Crippen molar-refractivity contribution in [2.75, 3.05) is 32.1 Å². The summed E-state index contributed by atoms with van der Waals surface area (Å²) >= 11 is 6.11. The summed E-state index contributed by atoms with van der Waals surface area (Å²) in [6.45, 7) is 16.8. The molecule has 1 atom stereocenters. The predicted octanol–water partition coefficient (Wildman–Crippen LogP) is 5.19. The van der Waals surface area contributed by atoms with Crippen molar-refractivity contribution in [2.24, 2.45) is 5.41 Å². The minimum absolute atomic E-state index is 0.117. The first-order chi connectivity index (χ1) is 13.3. The Morgan fingerprint density at radius 3 is 2.25 bits per heavy atom. The molecule has 1 unspecified atom stereocenters. The summed E-state index contributed by atoms with van der Waals surface area (Å²) < 4.78 is 5.53. The Bertz CT molecular complexity index is 570. The number of hydrogen-bond donors (Lipinski definition) is 0. The lowest BCUT2D eigenvalue weighted by molar-refractivity contribution is -0.142. The molecule has 0 radical (unpaired) electrons. The largest absolute Gasteiger partial charge is 0.494 e. The van der Waals surface area contributed by atoms with Crippen LogP contribution < -0.4 is 4.74 Å². The quantitative estimate of drug-likeness (QED) is 0.419. The minimum Gasteiger partial charge on any atom is -0.494 e. The molecule has 0 aromatic heterocycles. The van der Waals surface area contributed by atoms with Crippen LogP contribution in [0.5, 0.6) is 5.75 Å². The van der Waals surface area contributed by atoms with E-state index in [1.165, 1.54) is 0 Å². The molecule has 28 heavy (non-hydrogen) atoms. The Hall–Kier alpha value is -1.26. The van der Waals surface area contributed by atoms with E-state index in [1.54, 1.807) is 0 Å². The highest BCUT2D eigenvalue weighted by Crippen LogP contribution is 2.25. The fourth-order valence-corrected chi connectivity index (χ4v) is 3.35. The van der Waals surface area contributed by atoms with E-state index in [4.69, 9.17) is 16.3 Å². The van der Waals surface area contributed by atoms with E-state index in [-0.39, 0.29) is 11.9 Å². The van der Waals surface area contributed by atoms with Gasteiger partial charge in [-0.2, -0.15) is 0 Å². The predicted molar refractivity (Wildman–Crippen MR) is 119 cm³/mol. The van der Waals surface area contributed by atoms with Crippen molar-refractivity contribution in [1.82, 2.24) is 9.80 Å². The molecule has 0 bridgehead atoms. The van der Waals surface area contributed by atoms with Gasteiger partial charge in [-0.3, -0.25) is 4.79 Å². The van der Waals surface area contributed by atoms with E-state index >= 15 is 0 Å². The summed E-state index contributed by atoms with van der Waals surface area (Å²) in [5.41, 5.74) is 0.540. The summed E-state index contributed by atoms with van der Waals surface area (Å²) in [7, 11) is 0. The first kappa shape index (κ1) is 24.8. The molecular weight excluding hydrogens is 372 g/mol. The number of benzene rings is 1. The molecule has 0 saturated heterocycles. The molecule has 0 heterocycles. The van der Waals surface area contributed by atoms with Crippen LogP contribution >= 0.6 is 11.6 Å². The van der Waals surface area contributed by atoms with Crippen LogP contribution in [0, 0.1) is 5.41 Å². The van der Waals surface area contributed by atoms with E-state index < -0.39 is 5.41 Å². The molecule has 1 aromatic carbocycles. The highest BCUT2D eigenvalue weighted by atomic mass is 35.5. The molecule has 160 valence electrons. The van der Waals surface area contributed by atoms with Gasteiger partial charge >= 0.3 is 0 Å². The number of rotatable bonds is 13. The number of halogens is 1. The second-order valence-electron chi connectivity index (χ2n) is 8.05. The van der Waals surface area contributed by atoms with Gasteiger partial charge in [0.1, 0.15) is 5.75 Å². The van der Waals surface area contributed by atoms with Gasteiger partial charge in [0.2, 0.25) is 5.91 Å².